The van der Waals surface area contributed by atoms with Gasteiger partial charge in [0.1, 0.15) is 0 Å². The molecule has 0 amide bonds. The Labute approximate surface area is 148 Å². The molecular weight excluding hydrogens is 316 g/mol. The molecular formula is C20H19SiTi+4. The van der Waals surface area contributed by atoms with Crippen molar-refractivity contribution in [2.45, 2.75) is 25.1 Å². The Hall–Kier alpha value is -1.15. The SMILES string of the molecule is C[Si](C)C1(C)C=Cc2c1c1ccccc1c1ccccc21.[Ti+4]. The van der Waals surface area contributed by atoms with E-state index >= 15 is 0 Å². The van der Waals surface area contributed by atoms with E-state index in [9.17, 15) is 0 Å². The van der Waals surface area contributed by atoms with Crippen molar-refractivity contribution in [2.75, 3.05) is 0 Å². The van der Waals surface area contributed by atoms with Crippen molar-refractivity contribution in [3.63, 3.8) is 0 Å². The number of hydrogen-bond donors (Lipinski definition) is 0. The summed E-state index contributed by atoms with van der Waals surface area (Å²) in [6.45, 7) is 7.27. The van der Waals surface area contributed by atoms with Crippen LogP contribution in [0.2, 0.25) is 13.1 Å². The Morgan fingerprint density at radius 2 is 1.27 bits per heavy atom. The first-order valence-electron chi connectivity index (χ1n) is 7.57. The standard InChI is InChI=1S/C20H19Si.Ti/c1-20(21(2)3)13-12-18-16-10-5-4-8-14(16)15-9-6-7-11-17(15)19(18)20;/h4-13H,1-3H3;/q;+4. The van der Waals surface area contributed by atoms with E-state index in [4.69, 9.17) is 0 Å². The predicted molar refractivity (Wildman–Crippen MR) is 95.3 cm³/mol. The Bertz CT molecular complexity index is 895. The topological polar surface area (TPSA) is 0 Å². The fourth-order valence-electron chi connectivity index (χ4n) is 3.65. The third kappa shape index (κ3) is 2.00. The Morgan fingerprint density at radius 1 is 0.773 bits per heavy atom. The van der Waals surface area contributed by atoms with Crippen molar-refractivity contribution in [2.24, 2.45) is 0 Å². The maximum atomic E-state index is 2.45. The van der Waals surface area contributed by atoms with E-state index in [0.29, 0.717) is 0 Å². The molecule has 103 valence electrons. The first kappa shape index (κ1) is 15.7. The maximum Gasteiger partial charge on any atom is 4.00 e. The zero-order chi connectivity index (χ0) is 14.6. The molecule has 0 aromatic heterocycles. The van der Waals surface area contributed by atoms with Crippen LogP contribution in [-0.4, -0.2) is 8.80 Å². The molecule has 0 spiro atoms. The van der Waals surface area contributed by atoms with E-state index in [-0.39, 0.29) is 26.8 Å². The third-order valence-electron chi connectivity index (χ3n) is 5.11. The summed E-state index contributed by atoms with van der Waals surface area (Å²) in [4.78, 5) is 0. The molecule has 1 aliphatic carbocycles. The zero-order valence-corrected chi connectivity index (χ0v) is 15.8. The van der Waals surface area contributed by atoms with E-state index in [0.717, 1.165) is 0 Å². The molecule has 2 heteroatoms. The van der Waals surface area contributed by atoms with Crippen LogP contribution in [-0.2, 0) is 26.8 Å². The van der Waals surface area contributed by atoms with Crippen LogP contribution in [0.5, 0.6) is 0 Å². The van der Waals surface area contributed by atoms with Gasteiger partial charge in [-0.2, -0.15) is 0 Å². The predicted octanol–water partition coefficient (Wildman–Crippen LogP) is 5.57. The van der Waals surface area contributed by atoms with Gasteiger partial charge >= 0.3 is 21.7 Å². The minimum Gasteiger partial charge on any atom is -0.0766 e. The summed E-state index contributed by atoms with van der Waals surface area (Å²) in [7, 11) is -0.468. The summed E-state index contributed by atoms with van der Waals surface area (Å²) in [6.07, 6.45) is 4.81. The smallest absolute Gasteiger partial charge is 0.0766 e. The van der Waals surface area contributed by atoms with Crippen molar-refractivity contribution in [3.05, 3.63) is 65.7 Å². The van der Waals surface area contributed by atoms with E-state index in [1.54, 1.807) is 5.56 Å². The minimum atomic E-state index is -0.468. The Kier molecular flexibility index (Phi) is 3.93. The summed E-state index contributed by atoms with van der Waals surface area (Å²) in [5.74, 6) is 0. The fraction of sp³-hybridized carbons (Fsp3) is 0.200. The molecule has 0 saturated carbocycles. The van der Waals surface area contributed by atoms with Gasteiger partial charge < -0.3 is 0 Å². The second-order valence-corrected chi connectivity index (χ2v) is 9.45. The molecule has 0 bridgehead atoms. The van der Waals surface area contributed by atoms with Crippen LogP contribution in [0.1, 0.15) is 18.1 Å². The van der Waals surface area contributed by atoms with Crippen LogP contribution < -0.4 is 0 Å². The molecule has 1 atom stereocenters. The number of allylic oxidation sites excluding steroid dienone is 1. The monoisotopic (exact) mass is 335 g/mol. The van der Waals surface area contributed by atoms with Gasteiger partial charge in [-0.05, 0) is 32.7 Å². The summed E-state index contributed by atoms with van der Waals surface area (Å²) < 4.78 is 0. The quantitative estimate of drug-likeness (QED) is 0.403. The van der Waals surface area contributed by atoms with Crippen molar-refractivity contribution in [1.82, 2.24) is 0 Å². The molecule has 1 unspecified atom stereocenters. The van der Waals surface area contributed by atoms with Crippen LogP contribution in [0.15, 0.2) is 54.6 Å². The normalized spacial score (nSPS) is 19.6. The van der Waals surface area contributed by atoms with Gasteiger partial charge in [0.2, 0.25) is 0 Å². The van der Waals surface area contributed by atoms with E-state index in [1.807, 2.05) is 0 Å². The average molecular weight is 335 g/mol. The molecule has 4 rings (SSSR count). The van der Waals surface area contributed by atoms with Gasteiger partial charge in [0.15, 0.2) is 0 Å². The minimum absolute atomic E-state index is 0. The molecule has 3 aromatic rings. The maximum absolute atomic E-state index is 2.45. The molecule has 0 fully saturated rings. The van der Waals surface area contributed by atoms with Crippen molar-refractivity contribution >= 4 is 36.4 Å². The van der Waals surface area contributed by atoms with Gasteiger partial charge in [-0.1, -0.05) is 80.7 Å². The molecule has 22 heavy (non-hydrogen) atoms. The number of hydrogen-bond acceptors (Lipinski definition) is 0. The molecule has 0 heterocycles. The van der Waals surface area contributed by atoms with E-state index in [1.165, 1.54) is 27.1 Å². The van der Waals surface area contributed by atoms with Gasteiger partial charge in [-0.15, -0.1) is 0 Å². The number of rotatable bonds is 1. The first-order chi connectivity index (χ1) is 10.1. The van der Waals surface area contributed by atoms with E-state index < -0.39 is 8.80 Å². The average Bonchev–Trinajstić information content (AvgIpc) is 2.87. The first-order valence-corrected chi connectivity index (χ1v) is 10.1. The van der Waals surface area contributed by atoms with Gasteiger partial charge in [-0.25, -0.2) is 0 Å². The third-order valence-corrected chi connectivity index (χ3v) is 7.61. The molecule has 0 aliphatic heterocycles. The molecule has 1 radical (unpaired) electrons. The molecule has 0 saturated heterocycles. The summed E-state index contributed by atoms with van der Waals surface area (Å²) >= 11 is 0. The van der Waals surface area contributed by atoms with Gasteiger partial charge in [0, 0.05) is 5.04 Å². The van der Waals surface area contributed by atoms with Crippen LogP contribution >= 0.6 is 0 Å². The van der Waals surface area contributed by atoms with Gasteiger partial charge in [0.05, 0.1) is 8.80 Å². The van der Waals surface area contributed by atoms with Crippen molar-refractivity contribution < 1.29 is 21.7 Å². The zero-order valence-electron chi connectivity index (χ0n) is 13.3. The van der Waals surface area contributed by atoms with Crippen LogP contribution in [0, 0.1) is 0 Å². The van der Waals surface area contributed by atoms with Crippen LogP contribution in [0.4, 0.5) is 0 Å². The Balaban J connectivity index is 0.00000144. The second-order valence-electron chi connectivity index (χ2n) is 6.42. The van der Waals surface area contributed by atoms with E-state index in [2.05, 4.69) is 80.7 Å². The fourth-order valence-corrected chi connectivity index (χ4v) is 4.84. The van der Waals surface area contributed by atoms with Crippen molar-refractivity contribution in [1.29, 1.82) is 0 Å². The number of benzene rings is 3. The summed E-state index contributed by atoms with van der Waals surface area (Å²) in [6, 6.07) is 17.7. The Morgan fingerprint density at radius 3 is 1.86 bits per heavy atom. The molecule has 1 aliphatic rings. The van der Waals surface area contributed by atoms with Crippen LogP contribution in [0.3, 0.4) is 0 Å². The molecule has 0 nitrogen and oxygen atoms in total. The number of fused-ring (bicyclic) bond motifs is 6. The molecule has 0 N–H and O–H groups in total. The summed E-state index contributed by atoms with van der Waals surface area (Å²) in [5.41, 5.74) is 2.99. The van der Waals surface area contributed by atoms with Gasteiger partial charge in [-0.3, -0.25) is 0 Å². The summed E-state index contributed by atoms with van der Waals surface area (Å²) in [5, 5.41) is 5.83. The van der Waals surface area contributed by atoms with Crippen LogP contribution in [0.25, 0.3) is 27.6 Å². The molecule has 3 aromatic carbocycles. The van der Waals surface area contributed by atoms with Gasteiger partial charge in [0.25, 0.3) is 0 Å². The largest absolute Gasteiger partial charge is 4.00 e. The van der Waals surface area contributed by atoms with Crippen molar-refractivity contribution in [3.8, 4) is 0 Å². The second kappa shape index (κ2) is 5.49.